The van der Waals surface area contributed by atoms with Crippen LogP contribution in [0.25, 0.3) is 0 Å². The molecule has 0 aliphatic carbocycles. The molecule has 0 amide bonds. The Morgan fingerprint density at radius 3 is 2.69 bits per heavy atom. The molecule has 0 saturated carbocycles. The lowest BCUT2D eigenvalue weighted by Crippen LogP contribution is -2.40. The molecule has 3 heteroatoms. The molecule has 1 fully saturated rings. The maximum absolute atomic E-state index is 5.69. The lowest BCUT2D eigenvalue weighted by Gasteiger charge is -2.30. The van der Waals surface area contributed by atoms with Gasteiger partial charge in [-0.2, -0.15) is 0 Å². The standard InChI is InChI=1S/C13H27N3/c1-5-8-16-9-12(6-7-14)15(4)10-13(2,3)11-16/h5,12H,1,6-11,14H2,2-4H3. The Kier molecular flexibility index (Phi) is 4.96. The number of rotatable bonds is 4. The zero-order valence-corrected chi connectivity index (χ0v) is 11.1. The summed E-state index contributed by atoms with van der Waals surface area (Å²) in [5.41, 5.74) is 6.04. The number of hydrogen-bond donors (Lipinski definition) is 1. The van der Waals surface area contributed by atoms with Crippen LogP contribution in [0, 0.1) is 5.41 Å². The van der Waals surface area contributed by atoms with Crippen molar-refractivity contribution in [2.75, 3.05) is 39.8 Å². The van der Waals surface area contributed by atoms with Gasteiger partial charge in [-0.1, -0.05) is 19.9 Å². The van der Waals surface area contributed by atoms with E-state index >= 15 is 0 Å². The lowest BCUT2D eigenvalue weighted by molar-refractivity contribution is 0.188. The molecule has 1 aliphatic rings. The molecule has 1 saturated heterocycles. The number of nitrogens with two attached hydrogens (primary N) is 1. The van der Waals surface area contributed by atoms with Gasteiger partial charge in [0.05, 0.1) is 0 Å². The summed E-state index contributed by atoms with van der Waals surface area (Å²) in [6, 6.07) is 0.590. The van der Waals surface area contributed by atoms with Crippen molar-refractivity contribution in [1.82, 2.24) is 9.80 Å². The minimum Gasteiger partial charge on any atom is -0.330 e. The summed E-state index contributed by atoms with van der Waals surface area (Å²) in [4.78, 5) is 4.97. The van der Waals surface area contributed by atoms with Crippen LogP contribution >= 0.6 is 0 Å². The monoisotopic (exact) mass is 225 g/mol. The van der Waals surface area contributed by atoms with Gasteiger partial charge in [-0.25, -0.2) is 0 Å². The summed E-state index contributed by atoms with van der Waals surface area (Å²) in [6.45, 7) is 13.7. The first-order chi connectivity index (χ1) is 7.48. The normalized spacial score (nSPS) is 27.6. The van der Waals surface area contributed by atoms with Gasteiger partial charge in [-0.05, 0) is 25.4 Å². The molecule has 1 atom stereocenters. The minimum atomic E-state index is 0.348. The molecule has 3 nitrogen and oxygen atoms in total. The van der Waals surface area contributed by atoms with Crippen molar-refractivity contribution < 1.29 is 0 Å². The highest BCUT2D eigenvalue weighted by atomic mass is 15.2. The van der Waals surface area contributed by atoms with Crippen LogP contribution in [-0.2, 0) is 0 Å². The van der Waals surface area contributed by atoms with E-state index in [2.05, 4.69) is 37.3 Å². The van der Waals surface area contributed by atoms with Crippen LogP contribution in [0.3, 0.4) is 0 Å². The Bertz CT molecular complexity index is 225. The molecule has 0 aromatic carbocycles. The first kappa shape index (κ1) is 13.7. The molecule has 1 aliphatic heterocycles. The van der Waals surface area contributed by atoms with Gasteiger partial charge < -0.3 is 10.6 Å². The molecule has 0 aromatic rings. The van der Waals surface area contributed by atoms with Gasteiger partial charge in [0.15, 0.2) is 0 Å². The second-order valence-corrected chi connectivity index (χ2v) is 5.79. The molecule has 1 unspecified atom stereocenters. The smallest absolute Gasteiger partial charge is 0.0232 e. The van der Waals surface area contributed by atoms with Crippen LogP contribution in [0.2, 0.25) is 0 Å². The summed E-state index contributed by atoms with van der Waals surface area (Å²) in [6.07, 6.45) is 3.08. The van der Waals surface area contributed by atoms with E-state index in [1.807, 2.05) is 6.08 Å². The second-order valence-electron chi connectivity index (χ2n) is 5.79. The number of likely N-dealkylation sites (N-methyl/N-ethyl adjacent to an activating group) is 1. The highest BCUT2D eigenvalue weighted by molar-refractivity contribution is 4.89. The molecule has 94 valence electrons. The Balaban J connectivity index is 2.71. The highest BCUT2D eigenvalue weighted by Gasteiger charge is 2.31. The van der Waals surface area contributed by atoms with E-state index in [-0.39, 0.29) is 0 Å². The molecule has 1 rings (SSSR count). The number of hydrogen-bond acceptors (Lipinski definition) is 3. The third kappa shape index (κ3) is 3.89. The van der Waals surface area contributed by atoms with E-state index < -0.39 is 0 Å². The average molecular weight is 225 g/mol. The zero-order valence-electron chi connectivity index (χ0n) is 11.1. The summed E-state index contributed by atoms with van der Waals surface area (Å²) >= 11 is 0. The van der Waals surface area contributed by atoms with E-state index in [0.29, 0.717) is 11.5 Å². The van der Waals surface area contributed by atoms with Gasteiger partial charge in [-0.3, -0.25) is 4.90 Å². The van der Waals surface area contributed by atoms with Gasteiger partial charge in [0, 0.05) is 32.2 Å². The van der Waals surface area contributed by atoms with E-state index in [4.69, 9.17) is 5.73 Å². The fourth-order valence-electron chi connectivity index (χ4n) is 2.79. The van der Waals surface area contributed by atoms with Crippen molar-refractivity contribution in [2.24, 2.45) is 11.1 Å². The second kappa shape index (κ2) is 5.80. The van der Waals surface area contributed by atoms with E-state index in [1.54, 1.807) is 0 Å². The quantitative estimate of drug-likeness (QED) is 0.729. The van der Waals surface area contributed by atoms with Crippen LogP contribution in [0.4, 0.5) is 0 Å². The van der Waals surface area contributed by atoms with Crippen LogP contribution in [0.15, 0.2) is 12.7 Å². The summed E-state index contributed by atoms with van der Waals surface area (Å²) < 4.78 is 0. The van der Waals surface area contributed by atoms with Crippen LogP contribution in [0.5, 0.6) is 0 Å². The van der Waals surface area contributed by atoms with Crippen LogP contribution in [-0.4, -0.2) is 55.6 Å². The van der Waals surface area contributed by atoms with Crippen molar-refractivity contribution in [3.8, 4) is 0 Å². The van der Waals surface area contributed by atoms with E-state index in [9.17, 15) is 0 Å². The summed E-state index contributed by atoms with van der Waals surface area (Å²) in [5, 5.41) is 0. The molecular formula is C13H27N3. The summed E-state index contributed by atoms with van der Waals surface area (Å²) in [5.74, 6) is 0. The maximum atomic E-state index is 5.69. The first-order valence-corrected chi connectivity index (χ1v) is 6.22. The Morgan fingerprint density at radius 2 is 2.12 bits per heavy atom. The highest BCUT2D eigenvalue weighted by Crippen LogP contribution is 2.24. The Labute approximate surface area is 100 Å². The van der Waals surface area contributed by atoms with Gasteiger partial charge in [0.25, 0.3) is 0 Å². The Morgan fingerprint density at radius 1 is 1.44 bits per heavy atom. The molecule has 16 heavy (non-hydrogen) atoms. The van der Waals surface area contributed by atoms with Crippen molar-refractivity contribution >= 4 is 0 Å². The summed E-state index contributed by atoms with van der Waals surface area (Å²) in [7, 11) is 2.22. The van der Waals surface area contributed by atoms with Crippen LogP contribution in [0.1, 0.15) is 20.3 Å². The number of nitrogens with zero attached hydrogens (tertiary/aromatic N) is 2. The van der Waals surface area contributed by atoms with Gasteiger partial charge in [0.1, 0.15) is 0 Å². The van der Waals surface area contributed by atoms with Crippen molar-refractivity contribution in [3.63, 3.8) is 0 Å². The van der Waals surface area contributed by atoms with Gasteiger partial charge in [0.2, 0.25) is 0 Å². The van der Waals surface area contributed by atoms with Gasteiger partial charge >= 0.3 is 0 Å². The van der Waals surface area contributed by atoms with E-state index in [0.717, 1.165) is 39.1 Å². The molecule has 0 spiro atoms. The van der Waals surface area contributed by atoms with Crippen molar-refractivity contribution in [2.45, 2.75) is 26.3 Å². The van der Waals surface area contributed by atoms with Crippen LogP contribution < -0.4 is 5.73 Å². The minimum absolute atomic E-state index is 0.348. The third-order valence-electron chi connectivity index (χ3n) is 3.31. The lowest BCUT2D eigenvalue weighted by atomic mass is 9.92. The zero-order chi connectivity index (χ0) is 12.2. The van der Waals surface area contributed by atoms with Gasteiger partial charge in [-0.15, -0.1) is 6.58 Å². The SMILES string of the molecule is C=CCN1CC(CCN)N(C)CC(C)(C)C1. The maximum Gasteiger partial charge on any atom is 0.0232 e. The van der Waals surface area contributed by atoms with Crippen molar-refractivity contribution in [3.05, 3.63) is 12.7 Å². The largest absolute Gasteiger partial charge is 0.330 e. The molecule has 2 N–H and O–H groups in total. The predicted octanol–water partition coefficient (Wildman–Crippen LogP) is 1.16. The fourth-order valence-corrected chi connectivity index (χ4v) is 2.79. The fraction of sp³-hybridized carbons (Fsp3) is 0.846. The first-order valence-electron chi connectivity index (χ1n) is 6.22. The molecule has 0 bridgehead atoms. The van der Waals surface area contributed by atoms with Crippen molar-refractivity contribution in [1.29, 1.82) is 0 Å². The average Bonchev–Trinajstić information content (AvgIpc) is 2.24. The third-order valence-corrected chi connectivity index (χ3v) is 3.31. The molecule has 1 heterocycles. The van der Waals surface area contributed by atoms with E-state index in [1.165, 1.54) is 0 Å². The molecular weight excluding hydrogens is 198 g/mol. The molecule has 0 radical (unpaired) electrons. The topological polar surface area (TPSA) is 32.5 Å². The predicted molar refractivity (Wildman–Crippen MR) is 70.5 cm³/mol. The molecule has 0 aromatic heterocycles. The Hall–Kier alpha value is -0.380.